The first-order valence-corrected chi connectivity index (χ1v) is 8.68. The molecule has 3 rings (SSSR count). The normalized spacial score (nSPS) is 11.6. The van der Waals surface area contributed by atoms with Gasteiger partial charge in [0.15, 0.2) is 0 Å². The second-order valence-corrected chi connectivity index (χ2v) is 6.12. The Labute approximate surface area is 164 Å². The van der Waals surface area contributed by atoms with Crippen LogP contribution in [0.3, 0.4) is 0 Å². The Bertz CT molecular complexity index is 1040. The van der Waals surface area contributed by atoms with Gasteiger partial charge in [0.05, 0.1) is 57.5 Å². The van der Waals surface area contributed by atoms with Crippen molar-refractivity contribution in [1.29, 1.82) is 10.5 Å². The smallest absolute Gasteiger partial charge is 0.0991 e. The molecule has 28 heavy (non-hydrogen) atoms. The molecule has 0 saturated heterocycles. The van der Waals surface area contributed by atoms with Gasteiger partial charge in [-0.05, 0) is 74.5 Å². The molecule has 5 nitrogen and oxygen atoms in total. The second kappa shape index (κ2) is 8.53. The largest absolute Gasteiger partial charge is 0.252 e. The lowest BCUT2D eigenvalue weighted by molar-refractivity contribution is 1.24. The predicted molar refractivity (Wildman–Crippen MR) is 110 cm³/mol. The van der Waals surface area contributed by atoms with E-state index < -0.39 is 0 Å². The second-order valence-electron chi connectivity index (χ2n) is 6.12. The summed E-state index contributed by atoms with van der Waals surface area (Å²) >= 11 is 0. The van der Waals surface area contributed by atoms with Crippen LogP contribution in [0.5, 0.6) is 0 Å². The number of aliphatic imine (C=N–C) groups is 2. The minimum atomic E-state index is 0.603. The average molecular weight is 363 g/mol. The molecular weight excluding hydrogens is 346 g/mol. The number of nitrogens with zero attached hydrogens (tertiary/aromatic N) is 5. The highest BCUT2D eigenvalue weighted by Gasteiger charge is 2.05. The van der Waals surface area contributed by atoms with Crippen molar-refractivity contribution in [2.75, 3.05) is 0 Å². The van der Waals surface area contributed by atoms with Crippen LogP contribution in [-0.4, -0.2) is 16.4 Å². The number of hydrogen-bond donors (Lipinski definition) is 0. The quantitative estimate of drug-likeness (QED) is 0.604. The Morgan fingerprint density at radius 2 is 1.07 bits per heavy atom. The maximum Gasteiger partial charge on any atom is 0.0991 e. The lowest BCUT2D eigenvalue weighted by atomic mass is 10.2. The van der Waals surface area contributed by atoms with Gasteiger partial charge in [-0.2, -0.15) is 10.5 Å². The van der Waals surface area contributed by atoms with E-state index in [0.717, 1.165) is 34.2 Å². The fourth-order valence-electron chi connectivity index (χ4n) is 2.56. The standard InChI is InChI=1S/C23H17N5/c1-16(26-20-10-6-18(14-24)7-11-20)22-4-3-5-23(28-22)17(2)27-21-12-8-19(15-25)9-13-21/h3-13H,1-2H3. The first-order valence-electron chi connectivity index (χ1n) is 8.68. The Hall–Kier alpha value is -4.09. The highest BCUT2D eigenvalue weighted by Crippen LogP contribution is 2.16. The minimum absolute atomic E-state index is 0.603. The van der Waals surface area contributed by atoms with E-state index in [4.69, 9.17) is 10.5 Å². The van der Waals surface area contributed by atoms with E-state index in [1.165, 1.54) is 0 Å². The van der Waals surface area contributed by atoms with Crippen LogP contribution in [0.2, 0.25) is 0 Å². The molecule has 2 aromatic carbocycles. The van der Waals surface area contributed by atoms with Crippen molar-refractivity contribution in [3.8, 4) is 12.1 Å². The monoisotopic (exact) mass is 363 g/mol. The van der Waals surface area contributed by atoms with Gasteiger partial charge in [0.2, 0.25) is 0 Å². The summed E-state index contributed by atoms with van der Waals surface area (Å²) in [6, 6.07) is 24.1. The summed E-state index contributed by atoms with van der Waals surface area (Å²) in [6.07, 6.45) is 0. The summed E-state index contributed by atoms with van der Waals surface area (Å²) < 4.78 is 0. The van der Waals surface area contributed by atoms with Gasteiger partial charge in [-0.25, -0.2) is 4.98 Å². The molecule has 134 valence electrons. The van der Waals surface area contributed by atoms with E-state index in [1.807, 2.05) is 56.3 Å². The van der Waals surface area contributed by atoms with Crippen molar-refractivity contribution in [3.05, 3.63) is 89.2 Å². The Balaban J connectivity index is 1.86. The molecule has 0 saturated carbocycles. The van der Waals surface area contributed by atoms with Crippen LogP contribution in [0.4, 0.5) is 11.4 Å². The average Bonchev–Trinajstić information content (AvgIpc) is 2.75. The van der Waals surface area contributed by atoms with Gasteiger partial charge < -0.3 is 0 Å². The van der Waals surface area contributed by atoms with Crippen molar-refractivity contribution < 1.29 is 0 Å². The Morgan fingerprint density at radius 1 is 0.679 bits per heavy atom. The zero-order valence-corrected chi connectivity index (χ0v) is 15.6. The van der Waals surface area contributed by atoms with E-state index in [1.54, 1.807) is 24.3 Å². The van der Waals surface area contributed by atoms with Gasteiger partial charge in [0, 0.05) is 0 Å². The van der Waals surface area contributed by atoms with E-state index in [-0.39, 0.29) is 0 Å². The molecule has 3 aromatic rings. The summed E-state index contributed by atoms with van der Waals surface area (Å²) in [6.45, 7) is 3.80. The van der Waals surface area contributed by atoms with Gasteiger partial charge in [-0.3, -0.25) is 9.98 Å². The molecule has 5 heteroatoms. The fourth-order valence-corrected chi connectivity index (χ4v) is 2.56. The lowest BCUT2D eigenvalue weighted by Gasteiger charge is -2.05. The first-order chi connectivity index (χ1) is 13.6. The molecule has 0 unspecified atom stereocenters. The third-order valence-corrected chi connectivity index (χ3v) is 4.08. The van der Waals surface area contributed by atoms with Crippen molar-refractivity contribution in [1.82, 2.24) is 4.98 Å². The number of nitriles is 2. The molecule has 0 aliphatic heterocycles. The lowest BCUT2D eigenvalue weighted by Crippen LogP contribution is -2.04. The molecule has 1 aromatic heterocycles. The SMILES string of the molecule is CC(=Nc1ccc(C#N)cc1)c1cccc(C(C)=Nc2ccc(C#N)cc2)n1. The van der Waals surface area contributed by atoms with Crippen LogP contribution in [0, 0.1) is 22.7 Å². The maximum atomic E-state index is 8.88. The van der Waals surface area contributed by atoms with Crippen LogP contribution in [-0.2, 0) is 0 Å². The third kappa shape index (κ3) is 4.55. The molecular formula is C23H17N5. The summed E-state index contributed by atoms with van der Waals surface area (Å²) in [5.74, 6) is 0. The highest BCUT2D eigenvalue weighted by atomic mass is 14.8. The van der Waals surface area contributed by atoms with E-state index in [9.17, 15) is 0 Å². The van der Waals surface area contributed by atoms with Crippen LogP contribution < -0.4 is 0 Å². The van der Waals surface area contributed by atoms with E-state index in [2.05, 4.69) is 27.1 Å². The number of aromatic nitrogens is 1. The molecule has 0 aliphatic rings. The molecule has 0 N–H and O–H groups in total. The van der Waals surface area contributed by atoms with Crippen LogP contribution in [0.1, 0.15) is 36.4 Å². The molecule has 0 amide bonds. The van der Waals surface area contributed by atoms with Crippen molar-refractivity contribution in [2.45, 2.75) is 13.8 Å². The zero-order chi connectivity index (χ0) is 19.9. The summed E-state index contributed by atoms with van der Waals surface area (Å²) in [4.78, 5) is 13.8. The molecule has 0 radical (unpaired) electrons. The summed E-state index contributed by atoms with van der Waals surface area (Å²) in [5, 5.41) is 17.8. The van der Waals surface area contributed by atoms with Crippen LogP contribution >= 0.6 is 0 Å². The zero-order valence-electron chi connectivity index (χ0n) is 15.6. The van der Waals surface area contributed by atoms with Crippen molar-refractivity contribution in [2.24, 2.45) is 9.98 Å². The number of rotatable bonds is 4. The summed E-state index contributed by atoms with van der Waals surface area (Å²) in [5.41, 5.74) is 5.82. The maximum absolute atomic E-state index is 8.88. The topological polar surface area (TPSA) is 85.2 Å². The molecule has 0 bridgehead atoms. The molecule has 1 heterocycles. The first kappa shape index (κ1) is 18.7. The summed E-state index contributed by atoms with van der Waals surface area (Å²) in [7, 11) is 0. The van der Waals surface area contributed by atoms with Gasteiger partial charge in [0.25, 0.3) is 0 Å². The molecule has 0 atom stereocenters. The number of hydrogen-bond acceptors (Lipinski definition) is 5. The van der Waals surface area contributed by atoms with Crippen molar-refractivity contribution in [3.63, 3.8) is 0 Å². The molecule has 0 aliphatic carbocycles. The highest BCUT2D eigenvalue weighted by molar-refractivity contribution is 6.02. The van der Waals surface area contributed by atoms with E-state index >= 15 is 0 Å². The third-order valence-electron chi connectivity index (χ3n) is 4.08. The van der Waals surface area contributed by atoms with Crippen molar-refractivity contribution >= 4 is 22.8 Å². The predicted octanol–water partition coefficient (Wildman–Crippen LogP) is 5.11. The molecule has 0 spiro atoms. The Kier molecular flexibility index (Phi) is 5.69. The van der Waals surface area contributed by atoms with Gasteiger partial charge in [0.1, 0.15) is 0 Å². The van der Waals surface area contributed by atoms with Crippen LogP contribution in [0.25, 0.3) is 0 Å². The Morgan fingerprint density at radius 3 is 1.43 bits per heavy atom. The van der Waals surface area contributed by atoms with Gasteiger partial charge in [-0.15, -0.1) is 0 Å². The number of pyridine rings is 1. The van der Waals surface area contributed by atoms with Gasteiger partial charge in [-0.1, -0.05) is 6.07 Å². The minimum Gasteiger partial charge on any atom is -0.252 e. The van der Waals surface area contributed by atoms with E-state index in [0.29, 0.717) is 11.1 Å². The van der Waals surface area contributed by atoms with Crippen LogP contribution in [0.15, 0.2) is 76.7 Å². The van der Waals surface area contributed by atoms with Gasteiger partial charge >= 0.3 is 0 Å². The molecule has 0 fully saturated rings. The fraction of sp³-hybridized carbons (Fsp3) is 0.0870. The number of benzene rings is 2.